The van der Waals surface area contributed by atoms with Gasteiger partial charge >= 0.3 is 41.5 Å². The number of carbonyl (C=O) groups is 2. The van der Waals surface area contributed by atoms with Gasteiger partial charge in [-0.15, -0.1) is 0 Å². The van der Waals surface area contributed by atoms with Crippen molar-refractivity contribution >= 4 is 23.0 Å². The fraction of sp³-hybridized carbons (Fsp3) is 0.778. The largest absolute Gasteiger partial charge is 1.00 e. The van der Waals surface area contributed by atoms with Crippen LogP contribution in [0.4, 0.5) is 0 Å². The van der Waals surface area contributed by atoms with E-state index in [0.29, 0.717) is 0 Å². The first-order valence-corrected chi connectivity index (χ1v) is 18.7. The first-order valence-electron chi connectivity index (χ1n) is 17.6. The smallest absolute Gasteiger partial charge is 0.768 e. The Hall–Kier alpha value is -0.730. The van der Waals surface area contributed by atoms with E-state index >= 15 is 0 Å². The van der Waals surface area contributed by atoms with Gasteiger partial charge in [-0.25, -0.2) is 9.59 Å². The molecule has 0 aromatic heterocycles. The van der Waals surface area contributed by atoms with Crippen LogP contribution in [0.1, 0.15) is 189 Å². The van der Waals surface area contributed by atoms with Gasteiger partial charge in [-0.2, -0.15) is 0 Å². The van der Waals surface area contributed by atoms with E-state index < -0.39 is 23.0 Å². The fourth-order valence-electron chi connectivity index (χ4n) is 5.31. The summed E-state index contributed by atoms with van der Waals surface area (Å²) in [7, 11) is 0. The summed E-state index contributed by atoms with van der Waals surface area (Å²) in [6, 6.07) is 3.86. The van der Waals surface area contributed by atoms with Crippen LogP contribution in [0.3, 0.4) is 0 Å². The Labute approximate surface area is 294 Å². The minimum atomic E-state index is -2.58. The van der Waals surface area contributed by atoms with Crippen molar-refractivity contribution in [2.45, 2.75) is 173 Å². The van der Waals surface area contributed by atoms with E-state index in [9.17, 15) is 18.4 Å². The number of carbonyl (C=O) groups excluding carboxylic acids is 2. The molecule has 6 nitrogen and oxygen atoms in total. The maximum Gasteiger partial charge on any atom is 1.00 e. The molecule has 248 valence electrons. The Balaban J connectivity index is 0.0000185. The second-order valence-corrected chi connectivity index (χ2v) is 13.0. The van der Waals surface area contributed by atoms with Crippen LogP contribution in [0.5, 0.6) is 0 Å². The third-order valence-electron chi connectivity index (χ3n) is 8.03. The molecule has 0 saturated carbocycles. The zero-order chi connectivity index (χ0) is 31.4. The molecular weight excluding hydrogens is 583 g/mol. The van der Waals surface area contributed by atoms with Gasteiger partial charge < -0.3 is 14.0 Å². The van der Waals surface area contributed by atoms with Crippen LogP contribution in [0.15, 0.2) is 23.1 Å². The molecule has 0 radical (unpaired) electrons. The summed E-state index contributed by atoms with van der Waals surface area (Å²) < 4.78 is 34.0. The Kier molecular flexibility index (Phi) is 30.4. The predicted molar refractivity (Wildman–Crippen MR) is 176 cm³/mol. The number of unbranched alkanes of at least 4 members (excludes halogenated alkanes) is 22. The number of esters is 2. The van der Waals surface area contributed by atoms with Crippen molar-refractivity contribution in [1.29, 1.82) is 0 Å². The van der Waals surface area contributed by atoms with Crippen molar-refractivity contribution in [2.24, 2.45) is 0 Å². The second-order valence-electron chi connectivity index (χ2n) is 12.0. The number of benzene rings is 1. The summed E-state index contributed by atoms with van der Waals surface area (Å²) in [6.45, 7) is 5.04. The van der Waals surface area contributed by atoms with Gasteiger partial charge in [0.2, 0.25) is 0 Å². The fourth-order valence-corrected chi connectivity index (χ4v) is 5.76. The number of rotatable bonds is 29. The van der Waals surface area contributed by atoms with Gasteiger partial charge in [0.1, 0.15) is 0 Å². The molecule has 8 heteroatoms. The standard InChI is InChI=1S/C36H62O6S.Na/c1-3-5-7-9-11-13-15-17-19-21-23-25-27-41-35(37)32-29-33(31-34(30-32)43(39)40)36(38)42-28-26-24-22-20-18-16-14-12-10-8-6-4-2;/h29-31H,3-28H2,1-2H3,(H,39,40);/q;+1/p-1. The van der Waals surface area contributed by atoms with E-state index in [1.165, 1.54) is 134 Å². The molecule has 0 spiro atoms. The van der Waals surface area contributed by atoms with Crippen molar-refractivity contribution < 1.29 is 57.4 Å². The van der Waals surface area contributed by atoms with Crippen molar-refractivity contribution in [3.05, 3.63) is 29.3 Å². The van der Waals surface area contributed by atoms with Gasteiger partial charge in [0, 0.05) is 4.90 Å². The maximum absolute atomic E-state index is 12.6. The van der Waals surface area contributed by atoms with Crippen LogP contribution in [0, 0.1) is 0 Å². The summed E-state index contributed by atoms with van der Waals surface area (Å²) in [4.78, 5) is 25.1. The average Bonchev–Trinajstić information content (AvgIpc) is 3.01. The van der Waals surface area contributed by atoms with E-state index in [4.69, 9.17) is 9.47 Å². The van der Waals surface area contributed by atoms with Crippen molar-refractivity contribution in [3.63, 3.8) is 0 Å². The van der Waals surface area contributed by atoms with Gasteiger partial charge in [-0.1, -0.05) is 155 Å². The quantitative estimate of drug-likeness (QED) is 0.0385. The number of hydrogen-bond acceptors (Lipinski definition) is 6. The van der Waals surface area contributed by atoms with Crippen LogP contribution in [0.25, 0.3) is 0 Å². The summed E-state index contributed by atoms with van der Waals surface area (Å²) in [5.74, 6) is -1.24. The molecule has 0 aliphatic rings. The van der Waals surface area contributed by atoms with Crippen molar-refractivity contribution in [3.8, 4) is 0 Å². The maximum atomic E-state index is 12.6. The molecular formula is C36H61NaO6S. The Bertz CT molecular complexity index is 818. The molecule has 0 aliphatic carbocycles. The Morgan fingerprint density at radius 1 is 0.523 bits per heavy atom. The average molecular weight is 645 g/mol. The summed E-state index contributed by atoms with van der Waals surface area (Å²) >= 11 is -2.58. The van der Waals surface area contributed by atoms with E-state index in [0.717, 1.165) is 38.5 Å². The molecule has 0 bridgehead atoms. The van der Waals surface area contributed by atoms with Crippen LogP contribution in [-0.2, 0) is 20.6 Å². The molecule has 1 aromatic carbocycles. The van der Waals surface area contributed by atoms with Crippen molar-refractivity contribution in [2.75, 3.05) is 13.2 Å². The number of ether oxygens (including phenoxy) is 2. The van der Waals surface area contributed by atoms with Gasteiger partial charge in [0.05, 0.1) is 24.3 Å². The SMILES string of the molecule is CCCCCCCCCCCCCCOC(=O)c1cc(C(=O)OCCCCCCCCCCCCCC)cc(S(=O)[O-])c1.[Na+]. The summed E-state index contributed by atoms with van der Waals surface area (Å²) in [5, 5.41) is 0. The first kappa shape index (κ1) is 43.3. The molecule has 0 aliphatic heterocycles. The van der Waals surface area contributed by atoms with Gasteiger partial charge in [-0.05, 0) is 42.1 Å². The predicted octanol–water partition coefficient (Wildman–Crippen LogP) is 7.64. The minimum absolute atomic E-state index is 0. The zero-order valence-corrected chi connectivity index (χ0v) is 31.3. The van der Waals surface area contributed by atoms with Crippen LogP contribution < -0.4 is 29.6 Å². The van der Waals surface area contributed by atoms with Crippen molar-refractivity contribution in [1.82, 2.24) is 0 Å². The molecule has 1 atom stereocenters. The molecule has 0 heterocycles. The van der Waals surface area contributed by atoms with Crippen LogP contribution >= 0.6 is 0 Å². The zero-order valence-electron chi connectivity index (χ0n) is 28.5. The molecule has 1 aromatic rings. The topological polar surface area (TPSA) is 92.7 Å². The van der Waals surface area contributed by atoms with Gasteiger partial charge in [0.25, 0.3) is 0 Å². The molecule has 1 rings (SSSR count). The molecule has 0 saturated heterocycles. The first-order chi connectivity index (χ1) is 21.0. The molecule has 1 unspecified atom stereocenters. The second kappa shape index (κ2) is 30.9. The third-order valence-corrected chi connectivity index (χ3v) is 8.65. The monoisotopic (exact) mass is 644 g/mol. The van der Waals surface area contributed by atoms with Gasteiger partial charge in [-0.3, -0.25) is 4.21 Å². The minimum Gasteiger partial charge on any atom is -0.768 e. The molecule has 44 heavy (non-hydrogen) atoms. The molecule has 0 N–H and O–H groups in total. The Morgan fingerprint density at radius 2 is 0.795 bits per heavy atom. The van der Waals surface area contributed by atoms with E-state index in [-0.39, 0.29) is 58.8 Å². The van der Waals surface area contributed by atoms with E-state index in [2.05, 4.69) is 13.8 Å². The normalized spacial score (nSPS) is 11.6. The molecule has 0 fully saturated rings. The van der Waals surface area contributed by atoms with Crippen LogP contribution in [0.2, 0.25) is 0 Å². The number of hydrogen-bond donors (Lipinski definition) is 0. The van der Waals surface area contributed by atoms with E-state index in [1.807, 2.05) is 0 Å². The summed E-state index contributed by atoms with van der Waals surface area (Å²) in [5.41, 5.74) is 0.107. The summed E-state index contributed by atoms with van der Waals surface area (Å²) in [6.07, 6.45) is 29.3. The molecule has 0 amide bonds. The van der Waals surface area contributed by atoms with Gasteiger partial charge in [0.15, 0.2) is 0 Å². The third kappa shape index (κ3) is 23.6. The van der Waals surface area contributed by atoms with E-state index in [1.54, 1.807) is 0 Å². The Morgan fingerprint density at radius 3 is 1.07 bits per heavy atom. The van der Waals surface area contributed by atoms with Crippen LogP contribution in [-0.4, -0.2) is 33.9 Å².